The third-order valence-corrected chi connectivity index (χ3v) is 8.46. The molecular formula is C28H15F3N4OS2. The number of anilines is 2. The second-order valence-corrected chi connectivity index (χ2v) is 10.8. The van der Waals surface area contributed by atoms with Crippen molar-refractivity contribution in [1.29, 1.82) is 0 Å². The molecule has 2 aliphatic rings. The van der Waals surface area contributed by atoms with Crippen molar-refractivity contribution in [2.75, 3.05) is 10.7 Å². The number of benzene rings is 4. The maximum Gasteiger partial charge on any atom is 0.416 e. The zero-order valence-corrected chi connectivity index (χ0v) is 21.0. The lowest BCUT2D eigenvalue weighted by Gasteiger charge is -2.31. The van der Waals surface area contributed by atoms with Crippen LogP contribution in [0.2, 0.25) is 0 Å². The van der Waals surface area contributed by atoms with Crippen molar-refractivity contribution >= 4 is 51.6 Å². The Morgan fingerprint density at radius 1 is 0.842 bits per heavy atom. The Morgan fingerprint density at radius 3 is 2.37 bits per heavy atom. The van der Waals surface area contributed by atoms with Gasteiger partial charge in [-0.1, -0.05) is 72.1 Å². The summed E-state index contributed by atoms with van der Waals surface area (Å²) in [4.78, 5) is 21.0. The Kier molecular flexibility index (Phi) is 5.24. The van der Waals surface area contributed by atoms with E-state index in [4.69, 9.17) is 4.98 Å². The van der Waals surface area contributed by atoms with Crippen LogP contribution in [0.25, 0.3) is 33.3 Å². The van der Waals surface area contributed by atoms with E-state index in [2.05, 4.69) is 10.2 Å². The van der Waals surface area contributed by atoms with E-state index in [0.29, 0.717) is 27.1 Å². The predicted octanol–water partition coefficient (Wildman–Crippen LogP) is 7.61. The number of aromatic nitrogens is 3. The highest BCUT2D eigenvalue weighted by atomic mass is 32.2. The topological polar surface area (TPSA) is 59.0 Å². The van der Waals surface area contributed by atoms with Gasteiger partial charge in [-0.3, -0.25) is 9.69 Å². The third kappa shape index (κ3) is 3.66. The number of amides is 1. The van der Waals surface area contributed by atoms with Crippen molar-refractivity contribution in [2.45, 2.75) is 21.1 Å². The average molecular weight is 545 g/mol. The fourth-order valence-corrected chi connectivity index (χ4v) is 6.54. The molecule has 0 unspecified atom stereocenters. The van der Waals surface area contributed by atoms with Gasteiger partial charge < -0.3 is 0 Å². The van der Waals surface area contributed by atoms with E-state index in [9.17, 15) is 18.0 Å². The van der Waals surface area contributed by atoms with Gasteiger partial charge in [0.2, 0.25) is 11.1 Å². The largest absolute Gasteiger partial charge is 0.416 e. The van der Waals surface area contributed by atoms with Crippen molar-refractivity contribution < 1.29 is 18.0 Å². The first kappa shape index (κ1) is 23.2. The molecule has 4 aromatic carbocycles. The standard InChI is InChI=1S/C28H15F3N4OS2/c29-28(30,31)16-11-12-22-20(13-16)35(19-9-1-2-10-21(19)38-22)23(36)14-37-27-32-25-17-7-3-5-15-6-4-8-18(24(15)17)26(25)33-34-27/h1-13H,14H2. The number of hydrogen-bond donors (Lipinski definition) is 0. The summed E-state index contributed by atoms with van der Waals surface area (Å²) in [5.41, 5.74) is 3.30. The predicted molar refractivity (Wildman–Crippen MR) is 142 cm³/mol. The molecule has 0 N–H and O–H groups in total. The summed E-state index contributed by atoms with van der Waals surface area (Å²) >= 11 is 2.45. The molecule has 7 rings (SSSR count). The molecule has 1 aliphatic carbocycles. The Morgan fingerprint density at radius 2 is 1.58 bits per heavy atom. The molecule has 5 aromatic rings. The Labute approximate surface area is 223 Å². The third-order valence-electron chi connectivity index (χ3n) is 6.51. The number of nitrogens with zero attached hydrogens (tertiary/aromatic N) is 4. The number of carbonyl (C=O) groups excluding carboxylic acids is 1. The molecule has 0 bridgehead atoms. The molecule has 0 saturated carbocycles. The minimum absolute atomic E-state index is 0.0771. The second-order valence-electron chi connectivity index (χ2n) is 8.77. The van der Waals surface area contributed by atoms with Gasteiger partial charge in [-0.25, -0.2) is 4.98 Å². The van der Waals surface area contributed by atoms with Crippen molar-refractivity contribution in [3.05, 3.63) is 84.4 Å². The number of halogens is 3. The summed E-state index contributed by atoms with van der Waals surface area (Å²) in [5.74, 6) is -0.454. The first-order chi connectivity index (χ1) is 18.4. The lowest BCUT2D eigenvalue weighted by atomic mass is 10.0. The van der Waals surface area contributed by atoms with Gasteiger partial charge in [-0.05, 0) is 35.7 Å². The molecule has 0 saturated heterocycles. The molecule has 1 aromatic heterocycles. The molecule has 0 radical (unpaired) electrons. The molecule has 0 fully saturated rings. The molecule has 186 valence electrons. The van der Waals surface area contributed by atoms with Crippen molar-refractivity contribution in [2.24, 2.45) is 0 Å². The number of fused-ring (bicyclic) bond motifs is 5. The average Bonchev–Trinajstić information content (AvgIpc) is 3.24. The van der Waals surface area contributed by atoms with E-state index >= 15 is 0 Å². The molecular weight excluding hydrogens is 529 g/mol. The van der Waals surface area contributed by atoms with Crippen molar-refractivity contribution in [3.8, 4) is 22.5 Å². The molecule has 0 spiro atoms. The number of thioether (sulfide) groups is 1. The van der Waals surface area contributed by atoms with Crippen molar-refractivity contribution in [1.82, 2.24) is 15.2 Å². The van der Waals surface area contributed by atoms with Gasteiger partial charge in [-0.15, -0.1) is 10.2 Å². The monoisotopic (exact) mass is 544 g/mol. The fraction of sp³-hybridized carbons (Fsp3) is 0.0714. The first-order valence-electron chi connectivity index (χ1n) is 11.6. The number of hydrogen-bond acceptors (Lipinski definition) is 6. The van der Waals surface area contributed by atoms with Gasteiger partial charge in [0.05, 0.1) is 22.7 Å². The van der Waals surface area contributed by atoms with E-state index in [0.717, 1.165) is 50.7 Å². The number of rotatable bonds is 3. The van der Waals surface area contributed by atoms with Crippen LogP contribution in [0.5, 0.6) is 0 Å². The summed E-state index contributed by atoms with van der Waals surface area (Å²) in [6, 6.07) is 22.6. The number of para-hydroxylation sites is 1. The van der Waals surface area contributed by atoms with Crippen LogP contribution in [0.4, 0.5) is 24.5 Å². The Bertz CT molecular complexity index is 1790. The van der Waals surface area contributed by atoms with Crippen LogP contribution in [0, 0.1) is 0 Å². The Hall–Kier alpha value is -3.89. The zero-order valence-electron chi connectivity index (χ0n) is 19.4. The molecule has 5 nitrogen and oxygen atoms in total. The van der Waals surface area contributed by atoms with Crippen molar-refractivity contribution in [3.63, 3.8) is 0 Å². The van der Waals surface area contributed by atoms with Gasteiger partial charge in [0, 0.05) is 26.3 Å². The molecule has 0 atom stereocenters. The lowest BCUT2D eigenvalue weighted by molar-refractivity contribution is -0.137. The van der Waals surface area contributed by atoms with E-state index < -0.39 is 11.7 Å². The van der Waals surface area contributed by atoms with E-state index in [1.807, 2.05) is 48.5 Å². The zero-order chi connectivity index (χ0) is 26.0. The maximum absolute atomic E-state index is 13.6. The van der Waals surface area contributed by atoms with Crippen LogP contribution in [0.15, 0.2) is 93.8 Å². The van der Waals surface area contributed by atoms with Crippen LogP contribution < -0.4 is 4.90 Å². The Balaban J connectivity index is 1.21. The summed E-state index contributed by atoms with van der Waals surface area (Å²) in [5, 5.41) is 11.1. The highest BCUT2D eigenvalue weighted by Gasteiger charge is 2.35. The second kappa shape index (κ2) is 8.57. The van der Waals surface area contributed by atoms with E-state index in [-0.39, 0.29) is 17.3 Å². The van der Waals surface area contributed by atoms with Crippen LogP contribution in [0.3, 0.4) is 0 Å². The summed E-state index contributed by atoms with van der Waals surface area (Å²) < 4.78 is 40.5. The number of carbonyl (C=O) groups is 1. The first-order valence-corrected chi connectivity index (χ1v) is 13.4. The van der Waals surface area contributed by atoms with E-state index in [1.54, 1.807) is 12.1 Å². The van der Waals surface area contributed by atoms with Gasteiger partial charge in [0.1, 0.15) is 11.4 Å². The lowest BCUT2D eigenvalue weighted by Crippen LogP contribution is -2.30. The smallest absolute Gasteiger partial charge is 0.278 e. The minimum Gasteiger partial charge on any atom is -0.278 e. The molecule has 1 amide bonds. The SMILES string of the molecule is O=C(CSc1nnc2c(n1)-c1cccc3cccc-2c13)N1c2ccccc2Sc2ccc(C(F)(F)F)cc21. The summed E-state index contributed by atoms with van der Waals surface area (Å²) in [7, 11) is 0. The van der Waals surface area contributed by atoms with Crippen LogP contribution in [-0.4, -0.2) is 26.8 Å². The van der Waals surface area contributed by atoms with Gasteiger partial charge >= 0.3 is 6.18 Å². The van der Waals surface area contributed by atoms with Gasteiger partial charge in [0.15, 0.2) is 0 Å². The van der Waals surface area contributed by atoms with Gasteiger partial charge in [-0.2, -0.15) is 13.2 Å². The highest BCUT2D eigenvalue weighted by molar-refractivity contribution is 8.00. The molecule has 38 heavy (non-hydrogen) atoms. The molecule has 2 heterocycles. The molecule has 10 heteroatoms. The summed E-state index contributed by atoms with van der Waals surface area (Å²) in [6.07, 6.45) is -4.52. The van der Waals surface area contributed by atoms with Gasteiger partial charge in [0.25, 0.3) is 0 Å². The quantitative estimate of drug-likeness (QED) is 0.214. The minimum atomic E-state index is -4.52. The maximum atomic E-state index is 13.6. The highest BCUT2D eigenvalue weighted by Crippen LogP contribution is 2.50. The van der Waals surface area contributed by atoms with E-state index in [1.165, 1.54) is 22.7 Å². The summed E-state index contributed by atoms with van der Waals surface area (Å²) in [6.45, 7) is 0. The van der Waals surface area contributed by atoms with Crippen LogP contribution in [-0.2, 0) is 11.0 Å². The normalized spacial score (nSPS) is 13.3. The molecule has 1 aliphatic heterocycles. The van der Waals surface area contributed by atoms with Crippen LogP contribution in [0.1, 0.15) is 5.56 Å². The van der Waals surface area contributed by atoms with Crippen LogP contribution >= 0.6 is 23.5 Å². The fourth-order valence-electron chi connectivity index (χ4n) is 4.87. The number of alkyl halides is 3.